The molecule has 28 heavy (non-hydrogen) atoms. The van der Waals surface area contributed by atoms with E-state index in [-0.39, 0.29) is 24.0 Å². The van der Waals surface area contributed by atoms with Gasteiger partial charge in [0.2, 0.25) is 0 Å². The van der Waals surface area contributed by atoms with E-state index in [1.807, 2.05) is 18.2 Å². The molecule has 6 nitrogen and oxygen atoms in total. The third-order valence-corrected chi connectivity index (χ3v) is 5.32. The van der Waals surface area contributed by atoms with Gasteiger partial charge in [-0.2, -0.15) is 0 Å². The van der Waals surface area contributed by atoms with E-state index in [0.717, 1.165) is 32.2 Å². The maximum atomic E-state index is 5.84. The lowest BCUT2D eigenvalue weighted by Crippen LogP contribution is -2.63. The monoisotopic (exact) mass is 501 g/mol. The SMILES string of the molecule is CCNC(=NCC(C)COCc1ccccc1)NCC1CN2CCN1CC2.I. The predicted molar refractivity (Wildman–Crippen MR) is 126 cm³/mol. The van der Waals surface area contributed by atoms with Gasteiger partial charge in [-0.05, 0) is 18.4 Å². The maximum Gasteiger partial charge on any atom is 0.191 e. The van der Waals surface area contributed by atoms with Crippen LogP contribution in [-0.4, -0.2) is 80.8 Å². The molecule has 0 aromatic heterocycles. The van der Waals surface area contributed by atoms with Crippen LogP contribution in [0.3, 0.4) is 0 Å². The number of nitrogens with zero attached hydrogens (tertiary/aromatic N) is 3. The van der Waals surface area contributed by atoms with Crippen LogP contribution in [0.5, 0.6) is 0 Å². The van der Waals surface area contributed by atoms with Crippen molar-refractivity contribution >= 4 is 29.9 Å². The lowest BCUT2D eigenvalue weighted by Gasteiger charge is -2.47. The molecule has 0 aliphatic carbocycles. The molecule has 4 rings (SSSR count). The normalized spacial score (nSPS) is 25.1. The van der Waals surface area contributed by atoms with Crippen molar-refractivity contribution in [2.45, 2.75) is 26.5 Å². The highest BCUT2D eigenvalue weighted by Gasteiger charge is 2.31. The molecule has 0 spiro atoms. The van der Waals surface area contributed by atoms with Crippen molar-refractivity contribution in [3.05, 3.63) is 35.9 Å². The number of ether oxygens (including phenoxy) is 1. The number of aliphatic imine (C=N–C) groups is 1. The summed E-state index contributed by atoms with van der Waals surface area (Å²) in [7, 11) is 0. The topological polar surface area (TPSA) is 52.1 Å². The van der Waals surface area contributed by atoms with Crippen LogP contribution in [0, 0.1) is 5.92 Å². The van der Waals surface area contributed by atoms with Gasteiger partial charge in [-0.1, -0.05) is 37.3 Å². The summed E-state index contributed by atoms with van der Waals surface area (Å²) in [6.45, 7) is 14.3. The van der Waals surface area contributed by atoms with Gasteiger partial charge in [0, 0.05) is 58.4 Å². The molecule has 3 aliphatic rings. The highest BCUT2D eigenvalue weighted by Crippen LogP contribution is 2.14. The summed E-state index contributed by atoms with van der Waals surface area (Å²) in [6.07, 6.45) is 0. The van der Waals surface area contributed by atoms with Crippen LogP contribution in [0.25, 0.3) is 0 Å². The van der Waals surface area contributed by atoms with E-state index in [0.29, 0.717) is 18.6 Å². The Morgan fingerprint density at radius 1 is 1.18 bits per heavy atom. The highest BCUT2D eigenvalue weighted by atomic mass is 127. The molecule has 0 radical (unpaired) electrons. The Balaban J connectivity index is 0.00000280. The minimum absolute atomic E-state index is 0. The van der Waals surface area contributed by atoms with Crippen molar-refractivity contribution in [2.24, 2.45) is 10.9 Å². The molecule has 2 bridgehead atoms. The summed E-state index contributed by atoms with van der Waals surface area (Å²) in [5, 5.41) is 6.91. The fourth-order valence-corrected chi connectivity index (χ4v) is 3.73. The number of piperazine rings is 3. The Kier molecular flexibility index (Phi) is 10.5. The molecule has 0 saturated carbocycles. The van der Waals surface area contributed by atoms with Gasteiger partial charge in [0.15, 0.2) is 5.96 Å². The Hall–Kier alpha value is -0.900. The van der Waals surface area contributed by atoms with Gasteiger partial charge >= 0.3 is 0 Å². The Morgan fingerprint density at radius 3 is 2.57 bits per heavy atom. The van der Waals surface area contributed by atoms with Gasteiger partial charge in [-0.3, -0.25) is 14.8 Å². The lowest BCUT2D eigenvalue weighted by molar-refractivity contribution is 0.0154. The fraction of sp³-hybridized carbons (Fsp3) is 0.667. The number of nitrogens with one attached hydrogen (secondary N) is 2. The first-order valence-electron chi connectivity index (χ1n) is 10.3. The van der Waals surface area contributed by atoms with Crippen LogP contribution in [0.2, 0.25) is 0 Å². The molecular weight excluding hydrogens is 465 g/mol. The van der Waals surface area contributed by atoms with Crippen LogP contribution in [0.4, 0.5) is 0 Å². The molecule has 1 aromatic rings. The summed E-state index contributed by atoms with van der Waals surface area (Å²) < 4.78 is 5.84. The van der Waals surface area contributed by atoms with Gasteiger partial charge in [-0.25, -0.2) is 0 Å². The van der Waals surface area contributed by atoms with E-state index < -0.39 is 0 Å². The quantitative estimate of drug-likeness (QED) is 0.308. The second-order valence-electron chi connectivity index (χ2n) is 7.70. The summed E-state index contributed by atoms with van der Waals surface area (Å²) in [4.78, 5) is 9.95. The van der Waals surface area contributed by atoms with Crippen LogP contribution >= 0.6 is 24.0 Å². The van der Waals surface area contributed by atoms with Crippen molar-refractivity contribution in [3.8, 4) is 0 Å². The van der Waals surface area contributed by atoms with E-state index in [1.54, 1.807) is 0 Å². The number of rotatable bonds is 9. The average molecular weight is 501 g/mol. The molecule has 0 amide bonds. The number of fused-ring (bicyclic) bond motifs is 3. The number of benzene rings is 1. The van der Waals surface area contributed by atoms with Gasteiger partial charge in [0.05, 0.1) is 13.2 Å². The third kappa shape index (κ3) is 7.50. The maximum absolute atomic E-state index is 5.84. The summed E-state index contributed by atoms with van der Waals surface area (Å²) in [5.41, 5.74) is 1.22. The molecule has 3 fully saturated rings. The Morgan fingerprint density at radius 2 is 1.93 bits per heavy atom. The molecule has 2 unspecified atom stereocenters. The standard InChI is InChI=1S/C21H35N5O.HI/c1-3-22-21(24-14-20-15-25-9-11-26(20)12-10-25)23-13-18(2)16-27-17-19-7-5-4-6-8-19;/h4-8,18,20H,3,9-17H2,1-2H3,(H2,22,23,24);1H. The molecule has 3 saturated heterocycles. The van der Waals surface area contributed by atoms with Crippen LogP contribution in [0.1, 0.15) is 19.4 Å². The first-order chi connectivity index (χ1) is 13.2. The second kappa shape index (κ2) is 12.6. The van der Waals surface area contributed by atoms with Crippen LogP contribution in [0.15, 0.2) is 35.3 Å². The smallest absolute Gasteiger partial charge is 0.191 e. The number of halogens is 1. The zero-order valence-corrected chi connectivity index (χ0v) is 19.6. The first-order valence-corrected chi connectivity index (χ1v) is 10.3. The number of hydrogen-bond donors (Lipinski definition) is 2. The minimum Gasteiger partial charge on any atom is -0.376 e. The summed E-state index contributed by atoms with van der Waals surface area (Å²) >= 11 is 0. The Labute approximate surface area is 187 Å². The van der Waals surface area contributed by atoms with Crippen molar-refractivity contribution < 1.29 is 4.74 Å². The number of hydrogen-bond acceptors (Lipinski definition) is 4. The lowest BCUT2D eigenvalue weighted by atomic mass is 10.1. The third-order valence-electron chi connectivity index (χ3n) is 5.32. The van der Waals surface area contributed by atoms with Gasteiger partial charge in [0.1, 0.15) is 0 Å². The first kappa shape index (κ1) is 23.4. The molecule has 2 N–H and O–H groups in total. The van der Waals surface area contributed by atoms with Crippen molar-refractivity contribution in [1.82, 2.24) is 20.4 Å². The van der Waals surface area contributed by atoms with Crippen molar-refractivity contribution in [3.63, 3.8) is 0 Å². The van der Waals surface area contributed by atoms with Gasteiger partial charge in [0.25, 0.3) is 0 Å². The number of guanidine groups is 1. The van der Waals surface area contributed by atoms with Gasteiger partial charge < -0.3 is 15.4 Å². The molecular formula is C21H36IN5O. The largest absolute Gasteiger partial charge is 0.376 e. The van der Waals surface area contributed by atoms with Gasteiger partial charge in [-0.15, -0.1) is 24.0 Å². The van der Waals surface area contributed by atoms with E-state index in [1.165, 1.54) is 38.3 Å². The highest BCUT2D eigenvalue weighted by molar-refractivity contribution is 14.0. The fourth-order valence-electron chi connectivity index (χ4n) is 3.73. The molecule has 7 heteroatoms. The second-order valence-corrected chi connectivity index (χ2v) is 7.70. The summed E-state index contributed by atoms with van der Waals surface area (Å²) in [6, 6.07) is 10.9. The Bertz CT molecular complexity index is 577. The molecule has 158 valence electrons. The van der Waals surface area contributed by atoms with Crippen molar-refractivity contribution in [1.29, 1.82) is 0 Å². The zero-order valence-electron chi connectivity index (χ0n) is 17.3. The molecule has 3 heterocycles. The van der Waals surface area contributed by atoms with E-state index >= 15 is 0 Å². The van der Waals surface area contributed by atoms with E-state index in [2.05, 4.69) is 46.4 Å². The van der Waals surface area contributed by atoms with Crippen molar-refractivity contribution in [2.75, 3.05) is 59.0 Å². The molecule has 3 aliphatic heterocycles. The molecule has 2 atom stereocenters. The van der Waals surface area contributed by atoms with E-state index in [4.69, 9.17) is 9.73 Å². The van der Waals surface area contributed by atoms with Crippen LogP contribution < -0.4 is 10.6 Å². The zero-order chi connectivity index (χ0) is 18.9. The van der Waals surface area contributed by atoms with E-state index in [9.17, 15) is 0 Å². The molecule has 1 aromatic carbocycles. The minimum atomic E-state index is 0. The average Bonchev–Trinajstić information content (AvgIpc) is 2.72. The van der Waals surface area contributed by atoms with Crippen LogP contribution in [-0.2, 0) is 11.3 Å². The summed E-state index contributed by atoms with van der Waals surface area (Å²) in [5.74, 6) is 1.31. The predicted octanol–water partition coefficient (Wildman–Crippen LogP) is 2.01.